The number of hydrogen-bond donors (Lipinski definition) is 1. The maximum absolute atomic E-state index is 13.3. The Morgan fingerprint density at radius 3 is 2.42 bits per heavy atom. The summed E-state index contributed by atoms with van der Waals surface area (Å²) in [7, 11) is 0. The molecular formula is C14H18FN3O. The van der Waals surface area contributed by atoms with Crippen molar-refractivity contribution in [1.29, 1.82) is 0 Å². The summed E-state index contributed by atoms with van der Waals surface area (Å²) < 4.78 is 13.3. The topological polar surface area (TPSA) is 49.6 Å². The Labute approximate surface area is 112 Å². The quantitative estimate of drug-likeness (QED) is 0.819. The summed E-state index contributed by atoms with van der Waals surface area (Å²) in [6.45, 7) is 3.26. The lowest BCUT2D eigenvalue weighted by Gasteiger charge is -2.34. The fraction of sp³-hybridized carbons (Fsp3) is 0.500. The predicted molar refractivity (Wildman–Crippen MR) is 71.3 cm³/mol. The molecule has 2 N–H and O–H groups in total. The van der Waals surface area contributed by atoms with Crippen molar-refractivity contribution in [3.8, 4) is 0 Å². The van der Waals surface area contributed by atoms with Crippen molar-refractivity contribution in [2.75, 3.05) is 31.9 Å². The van der Waals surface area contributed by atoms with Gasteiger partial charge < -0.3 is 10.6 Å². The molecule has 0 unspecified atom stereocenters. The molecule has 0 spiro atoms. The third-order valence-electron chi connectivity index (χ3n) is 3.83. The lowest BCUT2D eigenvalue weighted by molar-refractivity contribution is 0.0627. The van der Waals surface area contributed by atoms with E-state index >= 15 is 0 Å². The van der Waals surface area contributed by atoms with Crippen LogP contribution in [0.5, 0.6) is 0 Å². The molecule has 1 saturated carbocycles. The van der Waals surface area contributed by atoms with Crippen molar-refractivity contribution < 1.29 is 9.18 Å². The number of amides is 1. The van der Waals surface area contributed by atoms with Gasteiger partial charge >= 0.3 is 0 Å². The molecule has 0 atom stereocenters. The normalized spacial score (nSPS) is 20.6. The highest BCUT2D eigenvalue weighted by atomic mass is 19.1. The molecule has 2 aliphatic rings. The SMILES string of the molecule is Nc1cc(F)cc(C(=O)N2CCN(C3CC3)CC2)c1. The Hall–Kier alpha value is -1.62. The van der Waals surface area contributed by atoms with Crippen LogP contribution in [0.4, 0.5) is 10.1 Å². The molecule has 5 heteroatoms. The van der Waals surface area contributed by atoms with E-state index in [-0.39, 0.29) is 5.91 Å². The summed E-state index contributed by atoms with van der Waals surface area (Å²) >= 11 is 0. The monoisotopic (exact) mass is 263 g/mol. The zero-order valence-electron chi connectivity index (χ0n) is 10.8. The molecule has 1 aromatic rings. The van der Waals surface area contributed by atoms with Crippen molar-refractivity contribution >= 4 is 11.6 Å². The van der Waals surface area contributed by atoms with Gasteiger partial charge in [0.15, 0.2) is 0 Å². The molecule has 4 nitrogen and oxygen atoms in total. The van der Waals surface area contributed by atoms with Crippen LogP contribution >= 0.6 is 0 Å². The fourth-order valence-corrected chi connectivity index (χ4v) is 2.65. The van der Waals surface area contributed by atoms with Crippen molar-refractivity contribution in [2.45, 2.75) is 18.9 Å². The average molecular weight is 263 g/mol. The van der Waals surface area contributed by atoms with Gasteiger partial charge in [0.25, 0.3) is 5.91 Å². The summed E-state index contributed by atoms with van der Waals surface area (Å²) in [6, 6.07) is 4.76. The van der Waals surface area contributed by atoms with E-state index in [0.717, 1.165) is 19.1 Å². The minimum atomic E-state index is -0.458. The first-order valence-corrected chi connectivity index (χ1v) is 6.73. The molecular weight excluding hydrogens is 245 g/mol. The zero-order chi connectivity index (χ0) is 13.4. The van der Waals surface area contributed by atoms with Crippen LogP contribution in [-0.2, 0) is 0 Å². The number of nitrogens with two attached hydrogens (primary N) is 1. The number of halogens is 1. The van der Waals surface area contributed by atoms with E-state index in [1.807, 2.05) is 0 Å². The Kier molecular flexibility index (Phi) is 3.14. The third-order valence-corrected chi connectivity index (χ3v) is 3.83. The number of rotatable bonds is 2. The van der Waals surface area contributed by atoms with Gasteiger partial charge in [0.05, 0.1) is 0 Å². The average Bonchev–Trinajstić information content (AvgIpc) is 3.21. The van der Waals surface area contributed by atoms with E-state index in [1.165, 1.54) is 25.0 Å². The Morgan fingerprint density at radius 2 is 1.84 bits per heavy atom. The van der Waals surface area contributed by atoms with E-state index in [9.17, 15) is 9.18 Å². The summed E-state index contributed by atoms with van der Waals surface area (Å²) in [5, 5.41) is 0. The molecule has 102 valence electrons. The highest BCUT2D eigenvalue weighted by Crippen LogP contribution is 2.27. The second kappa shape index (κ2) is 4.81. The molecule has 3 rings (SSSR count). The Bertz CT molecular complexity index is 473. The van der Waals surface area contributed by atoms with E-state index < -0.39 is 5.82 Å². The lowest BCUT2D eigenvalue weighted by atomic mass is 10.1. The van der Waals surface area contributed by atoms with Crippen LogP contribution in [0.2, 0.25) is 0 Å². The van der Waals surface area contributed by atoms with Gasteiger partial charge in [-0.3, -0.25) is 9.69 Å². The first-order chi connectivity index (χ1) is 9.13. The van der Waals surface area contributed by atoms with Gasteiger partial charge in [-0.15, -0.1) is 0 Å². The van der Waals surface area contributed by atoms with Crippen LogP contribution in [0.25, 0.3) is 0 Å². The number of piperazine rings is 1. The smallest absolute Gasteiger partial charge is 0.254 e. The van der Waals surface area contributed by atoms with Gasteiger partial charge in [-0.05, 0) is 31.0 Å². The molecule has 1 aliphatic heterocycles. The highest BCUT2D eigenvalue weighted by Gasteiger charge is 2.32. The summed E-state index contributed by atoms with van der Waals surface area (Å²) in [5.41, 5.74) is 6.21. The van der Waals surface area contributed by atoms with Crippen LogP contribution in [0, 0.1) is 5.82 Å². The van der Waals surface area contributed by atoms with E-state index in [1.54, 1.807) is 11.0 Å². The molecule has 19 heavy (non-hydrogen) atoms. The minimum Gasteiger partial charge on any atom is -0.399 e. The van der Waals surface area contributed by atoms with Gasteiger partial charge in [-0.1, -0.05) is 0 Å². The lowest BCUT2D eigenvalue weighted by Crippen LogP contribution is -2.49. The zero-order valence-corrected chi connectivity index (χ0v) is 10.8. The maximum atomic E-state index is 13.3. The van der Waals surface area contributed by atoms with Gasteiger partial charge in [0.1, 0.15) is 5.82 Å². The van der Waals surface area contributed by atoms with Crippen molar-refractivity contribution in [3.05, 3.63) is 29.6 Å². The van der Waals surface area contributed by atoms with Crippen LogP contribution in [-0.4, -0.2) is 47.9 Å². The van der Waals surface area contributed by atoms with Crippen molar-refractivity contribution in [2.24, 2.45) is 0 Å². The fourth-order valence-electron chi connectivity index (χ4n) is 2.65. The summed E-state index contributed by atoms with van der Waals surface area (Å²) in [5.74, 6) is -0.582. The predicted octanol–water partition coefficient (Wildman–Crippen LogP) is 1.33. The Morgan fingerprint density at radius 1 is 1.16 bits per heavy atom. The second-order valence-corrected chi connectivity index (χ2v) is 5.33. The number of nitrogens with zero attached hydrogens (tertiary/aromatic N) is 2. The van der Waals surface area contributed by atoms with E-state index in [4.69, 9.17) is 5.73 Å². The standard InChI is InChI=1S/C14H18FN3O/c15-11-7-10(8-12(16)9-11)14(19)18-5-3-17(4-6-18)13-1-2-13/h7-9,13H,1-6,16H2. The molecule has 1 amide bonds. The number of carbonyl (C=O) groups is 1. The van der Waals surface area contributed by atoms with Crippen molar-refractivity contribution in [3.63, 3.8) is 0 Å². The van der Waals surface area contributed by atoms with Crippen LogP contribution in [0.3, 0.4) is 0 Å². The number of hydrogen-bond acceptors (Lipinski definition) is 3. The Balaban J connectivity index is 1.67. The molecule has 0 radical (unpaired) electrons. The number of anilines is 1. The third kappa shape index (κ3) is 2.71. The molecule has 1 aliphatic carbocycles. The molecule has 1 heterocycles. The second-order valence-electron chi connectivity index (χ2n) is 5.33. The van der Waals surface area contributed by atoms with Crippen LogP contribution in [0.1, 0.15) is 23.2 Å². The van der Waals surface area contributed by atoms with Crippen LogP contribution < -0.4 is 5.73 Å². The molecule has 1 saturated heterocycles. The molecule has 0 aromatic heterocycles. The first-order valence-electron chi connectivity index (χ1n) is 6.73. The van der Waals surface area contributed by atoms with Gasteiger partial charge in [-0.25, -0.2) is 4.39 Å². The number of benzene rings is 1. The largest absolute Gasteiger partial charge is 0.399 e. The van der Waals surface area contributed by atoms with Crippen molar-refractivity contribution in [1.82, 2.24) is 9.80 Å². The summed E-state index contributed by atoms with van der Waals surface area (Å²) in [6.07, 6.45) is 2.57. The van der Waals surface area contributed by atoms with Gasteiger partial charge in [0.2, 0.25) is 0 Å². The minimum absolute atomic E-state index is 0.123. The number of nitrogen functional groups attached to an aromatic ring is 1. The highest BCUT2D eigenvalue weighted by molar-refractivity contribution is 5.95. The van der Waals surface area contributed by atoms with Gasteiger partial charge in [0, 0.05) is 43.5 Å². The number of carbonyl (C=O) groups excluding carboxylic acids is 1. The van der Waals surface area contributed by atoms with Crippen LogP contribution in [0.15, 0.2) is 18.2 Å². The summed E-state index contributed by atoms with van der Waals surface area (Å²) in [4.78, 5) is 16.5. The molecule has 1 aromatic carbocycles. The van der Waals surface area contributed by atoms with E-state index in [2.05, 4.69) is 4.90 Å². The maximum Gasteiger partial charge on any atom is 0.254 e. The molecule has 0 bridgehead atoms. The molecule has 2 fully saturated rings. The van der Waals surface area contributed by atoms with E-state index in [0.29, 0.717) is 24.3 Å². The first kappa shape index (κ1) is 12.4. The van der Waals surface area contributed by atoms with Gasteiger partial charge in [-0.2, -0.15) is 0 Å².